The lowest BCUT2D eigenvalue weighted by Crippen LogP contribution is -2.00. The monoisotopic (exact) mass is 240 g/mol. The molecule has 0 saturated carbocycles. The second kappa shape index (κ2) is 3.92. The van der Waals surface area contributed by atoms with Gasteiger partial charge in [-0.05, 0) is 6.92 Å². The number of nitrogens with zero attached hydrogens (tertiary/aromatic N) is 4. The van der Waals surface area contributed by atoms with E-state index in [2.05, 4.69) is 10.2 Å². The van der Waals surface area contributed by atoms with Gasteiger partial charge in [-0.15, -0.1) is 0 Å². The number of aliphatic hydroxyl groups is 1. The zero-order valence-corrected chi connectivity index (χ0v) is 10.1. The van der Waals surface area contributed by atoms with Crippen LogP contribution in [0.2, 0.25) is 5.15 Å². The summed E-state index contributed by atoms with van der Waals surface area (Å²) >= 11 is 6.08. The minimum absolute atomic E-state index is 0.453. The normalized spacial score (nSPS) is 13.1. The summed E-state index contributed by atoms with van der Waals surface area (Å²) < 4.78 is 3.18. The highest BCUT2D eigenvalue weighted by atomic mass is 35.5. The fourth-order valence-corrected chi connectivity index (χ4v) is 1.98. The molecule has 86 valence electrons. The van der Waals surface area contributed by atoms with Gasteiger partial charge in [0.05, 0.1) is 11.9 Å². The summed E-state index contributed by atoms with van der Waals surface area (Å²) in [6, 6.07) is 0. The van der Waals surface area contributed by atoms with Crippen molar-refractivity contribution in [1.82, 2.24) is 19.6 Å². The van der Waals surface area contributed by atoms with Crippen molar-refractivity contribution in [3.63, 3.8) is 0 Å². The van der Waals surface area contributed by atoms with Gasteiger partial charge in [0.2, 0.25) is 0 Å². The van der Waals surface area contributed by atoms with Crippen molar-refractivity contribution >= 4 is 11.6 Å². The Balaban J connectivity index is 2.44. The number of hydrogen-bond acceptors (Lipinski definition) is 3. The molecule has 2 aromatic rings. The molecule has 0 radical (unpaired) electrons. The first-order chi connectivity index (χ1) is 7.50. The lowest BCUT2D eigenvalue weighted by Gasteiger charge is -2.07. The first kappa shape index (κ1) is 11.2. The summed E-state index contributed by atoms with van der Waals surface area (Å²) in [6.45, 7) is 1.82. The second-order valence-corrected chi connectivity index (χ2v) is 4.12. The molecule has 0 saturated heterocycles. The molecule has 1 unspecified atom stereocenters. The lowest BCUT2D eigenvalue weighted by molar-refractivity contribution is 0.219. The van der Waals surface area contributed by atoms with Crippen LogP contribution in [0.1, 0.15) is 22.9 Å². The van der Waals surface area contributed by atoms with Gasteiger partial charge in [-0.2, -0.15) is 10.2 Å². The molecule has 1 atom stereocenters. The Hall–Kier alpha value is -1.33. The number of halogens is 1. The van der Waals surface area contributed by atoms with Crippen LogP contribution in [0.5, 0.6) is 0 Å². The predicted octanol–water partition coefficient (Wildman–Crippen LogP) is 1.20. The highest BCUT2D eigenvalue weighted by molar-refractivity contribution is 6.30. The maximum absolute atomic E-state index is 10.2. The highest BCUT2D eigenvalue weighted by Gasteiger charge is 2.21. The van der Waals surface area contributed by atoms with E-state index in [0.29, 0.717) is 16.3 Å². The van der Waals surface area contributed by atoms with Gasteiger partial charge in [-0.25, -0.2) is 0 Å². The highest BCUT2D eigenvalue weighted by Crippen LogP contribution is 2.30. The van der Waals surface area contributed by atoms with Crippen LogP contribution in [0, 0.1) is 6.92 Å². The largest absolute Gasteiger partial charge is 0.383 e. The van der Waals surface area contributed by atoms with E-state index in [9.17, 15) is 5.11 Å². The van der Waals surface area contributed by atoms with Crippen LogP contribution >= 0.6 is 11.6 Å². The van der Waals surface area contributed by atoms with Crippen molar-refractivity contribution in [2.24, 2.45) is 14.1 Å². The molecule has 0 bridgehead atoms. The van der Waals surface area contributed by atoms with Gasteiger partial charge in [-0.3, -0.25) is 9.36 Å². The van der Waals surface area contributed by atoms with Crippen LogP contribution in [-0.2, 0) is 14.1 Å². The summed E-state index contributed by atoms with van der Waals surface area (Å²) in [6.07, 6.45) is 2.59. The van der Waals surface area contributed by atoms with E-state index in [0.717, 1.165) is 5.69 Å². The maximum atomic E-state index is 10.2. The fourth-order valence-electron chi connectivity index (χ4n) is 1.71. The van der Waals surface area contributed by atoms with Crippen LogP contribution in [0.15, 0.2) is 12.4 Å². The van der Waals surface area contributed by atoms with E-state index < -0.39 is 6.10 Å². The number of rotatable bonds is 2. The Kier molecular flexibility index (Phi) is 2.73. The lowest BCUT2D eigenvalue weighted by atomic mass is 10.1. The zero-order chi connectivity index (χ0) is 11.9. The minimum atomic E-state index is -0.783. The molecule has 0 aliphatic carbocycles. The molecule has 0 aliphatic rings. The van der Waals surface area contributed by atoms with Crippen molar-refractivity contribution in [3.05, 3.63) is 34.4 Å². The summed E-state index contributed by atoms with van der Waals surface area (Å²) in [5, 5.41) is 18.8. The molecule has 5 nitrogen and oxygen atoms in total. The topological polar surface area (TPSA) is 55.9 Å². The van der Waals surface area contributed by atoms with E-state index in [4.69, 9.17) is 11.6 Å². The average molecular weight is 241 g/mol. The molecule has 1 N–H and O–H groups in total. The first-order valence-electron chi connectivity index (χ1n) is 4.86. The number of hydrogen-bond donors (Lipinski definition) is 1. The van der Waals surface area contributed by atoms with Gasteiger partial charge in [0.25, 0.3) is 0 Å². The summed E-state index contributed by atoms with van der Waals surface area (Å²) in [7, 11) is 3.54. The Labute approximate surface area is 98.3 Å². The fraction of sp³-hybridized carbons (Fsp3) is 0.400. The second-order valence-electron chi connectivity index (χ2n) is 3.76. The number of aryl methyl sites for hydroxylation is 3. The van der Waals surface area contributed by atoms with Gasteiger partial charge < -0.3 is 5.11 Å². The van der Waals surface area contributed by atoms with Crippen molar-refractivity contribution in [1.29, 1.82) is 0 Å². The third kappa shape index (κ3) is 1.72. The molecule has 2 rings (SSSR count). The van der Waals surface area contributed by atoms with Crippen LogP contribution in [-0.4, -0.2) is 24.7 Å². The summed E-state index contributed by atoms with van der Waals surface area (Å²) in [4.78, 5) is 0. The summed E-state index contributed by atoms with van der Waals surface area (Å²) in [5.41, 5.74) is 2.07. The van der Waals surface area contributed by atoms with E-state index in [-0.39, 0.29) is 0 Å². The molecule has 2 heterocycles. The molecular weight excluding hydrogens is 228 g/mol. The third-order valence-electron chi connectivity index (χ3n) is 2.51. The number of aromatic nitrogens is 4. The van der Waals surface area contributed by atoms with Crippen molar-refractivity contribution in [2.45, 2.75) is 13.0 Å². The van der Waals surface area contributed by atoms with Crippen molar-refractivity contribution in [2.75, 3.05) is 0 Å². The van der Waals surface area contributed by atoms with E-state index in [1.165, 1.54) is 0 Å². The molecule has 0 aliphatic heterocycles. The standard InChI is InChI=1S/C10H13ClN4O/c1-6-8(10(11)15(3)13-6)9(16)7-4-12-14(2)5-7/h4-5,9,16H,1-3H3. The maximum Gasteiger partial charge on any atom is 0.133 e. The van der Waals surface area contributed by atoms with Crippen LogP contribution in [0.3, 0.4) is 0 Å². The van der Waals surface area contributed by atoms with Crippen LogP contribution < -0.4 is 0 Å². The Morgan fingerprint density at radius 2 is 2.12 bits per heavy atom. The Morgan fingerprint density at radius 3 is 2.56 bits per heavy atom. The molecule has 0 spiro atoms. The quantitative estimate of drug-likeness (QED) is 0.858. The Bertz CT molecular complexity index is 517. The molecule has 0 aromatic carbocycles. The first-order valence-corrected chi connectivity index (χ1v) is 5.24. The van der Waals surface area contributed by atoms with E-state index >= 15 is 0 Å². The predicted molar refractivity (Wildman–Crippen MR) is 60.2 cm³/mol. The molecule has 0 amide bonds. The van der Waals surface area contributed by atoms with Gasteiger partial charge in [0.15, 0.2) is 0 Å². The van der Waals surface area contributed by atoms with Gasteiger partial charge in [-0.1, -0.05) is 11.6 Å². The van der Waals surface area contributed by atoms with Crippen LogP contribution in [0.4, 0.5) is 0 Å². The third-order valence-corrected chi connectivity index (χ3v) is 2.96. The molecule has 2 aromatic heterocycles. The van der Waals surface area contributed by atoms with E-state index in [1.54, 1.807) is 35.9 Å². The summed E-state index contributed by atoms with van der Waals surface area (Å²) in [5.74, 6) is 0. The molecular formula is C10H13ClN4O. The number of aliphatic hydroxyl groups excluding tert-OH is 1. The van der Waals surface area contributed by atoms with Gasteiger partial charge in [0, 0.05) is 31.4 Å². The zero-order valence-electron chi connectivity index (χ0n) is 9.35. The van der Waals surface area contributed by atoms with E-state index in [1.807, 2.05) is 6.92 Å². The van der Waals surface area contributed by atoms with Crippen LogP contribution in [0.25, 0.3) is 0 Å². The van der Waals surface area contributed by atoms with Crippen molar-refractivity contribution in [3.8, 4) is 0 Å². The Morgan fingerprint density at radius 1 is 1.44 bits per heavy atom. The average Bonchev–Trinajstić information content (AvgIpc) is 2.73. The van der Waals surface area contributed by atoms with Crippen molar-refractivity contribution < 1.29 is 5.11 Å². The smallest absolute Gasteiger partial charge is 0.133 e. The molecule has 16 heavy (non-hydrogen) atoms. The molecule has 6 heteroatoms. The SMILES string of the molecule is Cc1nn(C)c(Cl)c1C(O)c1cnn(C)c1. The molecule has 0 fully saturated rings. The van der Waals surface area contributed by atoms with Gasteiger partial charge in [0.1, 0.15) is 11.3 Å². The van der Waals surface area contributed by atoms with Gasteiger partial charge >= 0.3 is 0 Å². The minimum Gasteiger partial charge on any atom is -0.383 e.